The number of nitrogens with one attached hydrogen (secondary N) is 2. The number of aryl methyl sites for hydroxylation is 1. The Labute approximate surface area is 99.5 Å². The normalized spacial score (nSPS) is 10.0. The van der Waals surface area contributed by atoms with Crippen LogP contribution in [0.15, 0.2) is 36.5 Å². The lowest BCUT2D eigenvalue weighted by Crippen LogP contribution is -2.12. The first-order valence-corrected chi connectivity index (χ1v) is 5.28. The largest absolute Gasteiger partial charge is 0.388 e. The molecule has 0 fully saturated rings. The van der Waals surface area contributed by atoms with Crippen LogP contribution in [0.25, 0.3) is 0 Å². The number of hydrogen-bond acceptors (Lipinski definition) is 3. The molecule has 0 bridgehead atoms. The molecule has 0 aliphatic rings. The highest BCUT2D eigenvalue weighted by atomic mass is 16.1. The molecule has 1 aromatic heterocycles. The molecule has 88 valence electrons. The lowest BCUT2D eigenvalue weighted by molar-refractivity contribution is 0.102. The third-order valence-corrected chi connectivity index (χ3v) is 2.39. The summed E-state index contributed by atoms with van der Waals surface area (Å²) in [5.74, 6) is 0.390. The van der Waals surface area contributed by atoms with Crippen molar-refractivity contribution in [3.05, 3.63) is 42.1 Å². The molecule has 2 aromatic rings. The summed E-state index contributed by atoms with van der Waals surface area (Å²) in [6, 6.07) is 8.99. The summed E-state index contributed by atoms with van der Waals surface area (Å²) >= 11 is 0. The van der Waals surface area contributed by atoms with Crippen LogP contribution < -0.4 is 10.6 Å². The molecular weight excluding hydrogens is 216 g/mol. The zero-order chi connectivity index (χ0) is 12.3. The summed E-state index contributed by atoms with van der Waals surface area (Å²) < 4.78 is 1.64. The van der Waals surface area contributed by atoms with Crippen molar-refractivity contribution in [1.82, 2.24) is 9.78 Å². The van der Waals surface area contributed by atoms with E-state index in [0.717, 1.165) is 5.69 Å². The summed E-state index contributed by atoms with van der Waals surface area (Å²) in [4.78, 5) is 11.8. The van der Waals surface area contributed by atoms with E-state index in [1.54, 1.807) is 36.1 Å². The summed E-state index contributed by atoms with van der Waals surface area (Å²) in [7, 11) is 3.64. The molecule has 0 aliphatic carbocycles. The monoisotopic (exact) mass is 230 g/mol. The van der Waals surface area contributed by atoms with Crippen LogP contribution in [-0.2, 0) is 7.05 Å². The molecule has 1 amide bonds. The molecule has 2 rings (SSSR count). The van der Waals surface area contributed by atoms with Gasteiger partial charge in [0.25, 0.3) is 5.91 Å². The fourth-order valence-corrected chi connectivity index (χ4v) is 1.46. The molecule has 2 N–H and O–H groups in total. The number of rotatable bonds is 3. The minimum Gasteiger partial charge on any atom is -0.388 e. The quantitative estimate of drug-likeness (QED) is 0.844. The lowest BCUT2D eigenvalue weighted by atomic mass is 10.2. The van der Waals surface area contributed by atoms with E-state index in [4.69, 9.17) is 0 Å². The number of carbonyl (C=O) groups excluding carboxylic acids is 1. The molecule has 0 unspecified atom stereocenters. The highest BCUT2D eigenvalue weighted by molar-refractivity contribution is 6.03. The first-order valence-electron chi connectivity index (χ1n) is 5.28. The Kier molecular flexibility index (Phi) is 3.09. The number of carbonyl (C=O) groups is 1. The summed E-state index contributed by atoms with van der Waals surface area (Å²) in [5, 5.41) is 9.81. The second-order valence-electron chi connectivity index (χ2n) is 3.66. The van der Waals surface area contributed by atoms with Crippen molar-refractivity contribution in [3.8, 4) is 0 Å². The summed E-state index contributed by atoms with van der Waals surface area (Å²) in [6.45, 7) is 0. The molecule has 1 heterocycles. The molecule has 0 aliphatic heterocycles. The van der Waals surface area contributed by atoms with Crippen LogP contribution >= 0.6 is 0 Å². The Morgan fingerprint density at radius 2 is 1.94 bits per heavy atom. The van der Waals surface area contributed by atoms with E-state index >= 15 is 0 Å². The van der Waals surface area contributed by atoms with Gasteiger partial charge in [0.1, 0.15) is 0 Å². The van der Waals surface area contributed by atoms with E-state index in [1.165, 1.54) is 0 Å². The van der Waals surface area contributed by atoms with Gasteiger partial charge in [-0.2, -0.15) is 5.10 Å². The van der Waals surface area contributed by atoms with E-state index in [9.17, 15) is 4.79 Å². The Bertz CT molecular complexity index is 516. The maximum Gasteiger partial charge on any atom is 0.256 e. The van der Waals surface area contributed by atoms with Gasteiger partial charge in [0, 0.05) is 37.6 Å². The molecule has 0 radical (unpaired) electrons. The fourth-order valence-electron chi connectivity index (χ4n) is 1.46. The van der Waals surface area contributed by atoms with Crippen molar-refractivity contribution in [2.75, 3.05) is 17.7 Å². The minimum absolute atomic E-state index is 0.161. The summed E-state index contributed by atoms with van der Waals surface area (Å²) in [5.41, 5.74) is 1.58. The Morgan fingerprint density at radius 1 is 1.24 bits per heavy atom. The predicted molar refractivity (Wildman–Crippen MR) is 67.1 cm³/mol. The zero-order valence-electron chi connectivity index (χ0n) is 9.77. The van der Waals surface area contributed by atoms with Crippen molar-refractivity contribution in [2.24, 2.45) is 7.05 Å². The molecule has 1 aromatic carbocycles. The van der Waals surface area contributed by atoms with Crippen molar-refractivity contribution in [1.29, 1.82) is 0 Å². The fraction of sp³-hybridized carbons (Fsp3) is 0.167. The number of aromatic nitrogens is 2. The SMILES string of the molecule is CNc1ccc(C(=O)Nc2ccn(C)n2)cc1. The van der Waals surface area contributed by atoms with Crippen LogP contribution in [0.3, 0.4) is 0 Å². The van der Waals surface area contributed by atoms with Crippen molar-refractivity contribution in [3.63, 3.8) is 0 Å². The second-order valence-corrected chi connectivity index (χ2v) is 3.66. The Hall–Kier alpha value is -2.30. The van der Waals surface area contributed by atoms with Gasteiger partial charge in [-0.05, 0) is 24.3 Å². The van der Waals surface area contributed by atoms with E-state index in [0.29, 0.717) is 11.4 Å². The molecule has 17 heavy (non-hydrogen) atoms. The van der Waals surface area contributed by atoms with Crippen molar-refractivity contribution >= 4 is 17.4 Å². The van der Waals surface area contributed by atoms with Crippen LogP contribution in [0.1, 0.15) is 10.4 Å². The van der Waals surface area contributed by atoms with Gasteiger partial charge in [-0.15, -0.1) is 0 Å². The molecular formula is C12H14N4O. The second kappa shape index (κ2) is 4.69. The van der Waals surface area contributed by atoms with Crippen LogP contribution in [0, 0.1) is 0 Å². The van der Waals surface area contributed by atoms with E-state index < -0.39 is 0 Å². The first kappa shape index (κ1) is 11.2. The molecule has 5 heteroatoms. The van der Waals surface area contributed by atoms with Gasteiger partial charge in [-0.25, -0.2) is 0 Å². The van der Waals surface area contributed by atoms with Gasteiger partial charge < -0.3 is 10.6 Å². The van der Waals surface area contributed by atoms with Gasteiger partial charge in [-0.1, -0.05) is 0 Å². The third kappa shape index (κ3) is 2.63. The molecule has 0 atom stereocenters. The van der Waals surface area contributed by atoms with E-state index in [1.807, 2.05) is 19.2 Å². The van der Waals surface area contributed by atoms with E-state index in [-0.39, 0.29) is 5.91 Å². The van der Waals surface area contributed by atoms with Gasteiger partial charge >= 0.3 is 0 Å². The predicted octanol–water partition coefficient (Wildman–Crippen LogP) is 1.71. The summed E-state index contributed by atoms with van der Waals surface area (Å²) in [6.07, 6.45) is 1.78. The highest BCUT2D eigenvalue weighted by Gasteiger charge is 2.06. The van der Waals surface area contributed by atoms with Gasteiger partial charge in [0.05, 0.1) is 0 Å². The number of hydrogen-bond donors (Lipinski definition) is 2. The van der Waals surface area contributed by atoms with Crippen molar-refractivity contribution < 1.29 is 4.79 Å². The number of nitrogens with zero attached hydrogens (tertiary/aromatic N) is 2. The maximum absolute atomic E-state index is 11.8. The topological polar surface area (TPSA) is 59.0 Å². The first-order chi connectivity index (χ1) is 8.19. The third-order valence-electron chi connectivity index (χ3n) is 2.39. The molecule has 0 spiro atoms. The zero-order valence-corrected chi connectivity index (χ0v) is 9.77. The van der Waals surface area contributed by atoms with Crippen molar-refractivity contribution in [2.45, 2.75) is 0 Å². The van der Waals surface area contributed by atoms with Crippen LogP contribution in [0.2, 0.25) is 0 Å². The lowest BCUT2D eigenvalue weighted by Gasteiger charge is -2.03. The smallest absolute Gasteiger partial charge is 0.256 e. The maximum atomic E-state index is 11.8. The van der Waals surface area contributed by atoms with Gasteiger partial charge in [-0.3, -0.25) is 9.48 Å². The number of benzene rings is 1. The van der Waals surface area contributed by atoms with Gasteiger partial charge in [0.2, 0.25) is 0 Å². The average Bonchev–Trinajstić information content (AvgIpc) is 2.75. The Morgan fingerprint density at radius 3 is 2.47 bits per heavy atom. The minimum atomic E-state index is -0.161. The Balaban J connectivity index is 2.09. The van der Waals surface area contributed by atoms with Gasteiger partial charge in [0.15, 0.2) is 5.82 Å². The number of anilines is 2. The number of amides is 1. The van der Waals surface area contributed by atoms with Crippen LogP contribution in [-0.4, -0.2) is 22.7 Å². The van der Waals surface area contributed by atoms with Crippen LogP contribution in [0.5, 0.6) is 0 Å². The highest BCUT2D eigenvalue weighted by Crippen LogP contribution is 2.10. The van der Waals surface area contributed by atoms with E-state index in [2.05, 4.69) is 15.7 Å². The van der Waals surface area contributed by atoms with Crippen LogP contribution in [0.4, 0.5) is 11.5 Å². The molecule has 0 saturated carbocycles. The standard InChI is InChI=1S/C12H14N4O/c1-13-10-5-3-9(4-6-10)12(17)14-11-7-8-16(2)15-11/h3-8,13H,1-2H3,(H,14,15,17). The molecule has 5 nitrogen and oxygen atoms in total. The molecule has 0 saturated heterocycles. The average molecular weight is 230 g/mol.